The normalized spacial score (nSPS) is 18.0. The number of nitrogens with zero attached hydrogens (tertiary/aromatic N) is 1. The maximum absolute atomic E-state index is 8.54. The van der Waals surface area contributed by atoms with E-state index in [0.29, 0.717) is 0 Å². The van der Waals surface area contributed by atoms with Crippen LogP contribution in [0.3, 0.4) is 0 Å². The summed E-state index contributed by atoms with van der Waals surface area (Å²) in [5.41, 5.74) is 1.59. The van der Waals surface area contributed by atoms with Crippen molar-refractivity contribution in [2.75, 3.05) is 13.1 Å². The molecular formula is C11H18N2. The third kappa shape index (κ3) is 4.10. The Morgan fingerprint density at radius 3 is 3.15 bits per heavy atom. The topological polar surface area (TPSA) is 35.8 Å². The fourth-order valence-electron chi connectivity index (χ4n) is 1.58. The van der Waals surface area contributed by atoms with Gasteiger partial charge in [0.1, 0.15) is 0 Å². The first-order valence-electron chi connectivity index (χ1n) is 5.11. The maximum Gasteiger partial charge on any atom is 0.0666 e. The smallest absolute Gasteiger partial charge is 0.0666 e. The molecule has 2 nitrogen and oxygen atoms in total. The van der Waals surface area contributed by atoms with Crippen molar-refractivity contribution >= 4 is 0 Å². The van der Waals surface area contributed by atoms with Gasteiger partial charge in [0.05, 0.1) is 12.0 Å². The van der Waals surface area contributed by atoms with Gasteiger partial charge in [0.15, 0.2) is 0 Å². The average molecular weight is 178 g/mol. The van der Waals surface area contributed by atoms with Crippen LogP contribution in [0.4, 0.5) is 0 Å². The van der Waals surface area contributed by atoms with Gasteiger partial charge in [-0.1, -0.05) is 11.6 Å². The van der Waals surface area contributed by atoms with Crippen LogP contribution in [0.15, 0.2) is 11.6 Å². The Labute approximate surface area is 80.6 Å². The van der Waals surface area contributed by atoms with Crippen LogP contribution in [0.25, 0.3) is 0 Å². The van der Waals surface area contributed by atoms with E-state index in [9.17, 15) is 0 Å². The minimum Gasteiger partial charge on any atom is -0.315 e. The van der Waals surface area contributed by atoms with Gasteiger partial charge in [0, 0.05) is 6.54 Å². The first-order valence-corrected chi connectivity index (χ1v) is 5.11. The summed E-state index contributed by atoms with van der Waals surface area (Å²) in [5, 5.41) is 11.8. The van der Waals surface area contributed by atoms with E-state index in [1.165, 1.54) is 19.3 Å². The lowest BCUT2D eigenvalue weighted by Gasteiger charge is -2.05. The van der Waals surface area contributed by atoms with Crippen LogP contribution in [0.2, 0.25) is 0 Å². The standard InChI is InChI=1S/C11H18N2/c1-10(8-12)9-13-7-6-11-4-2-3-5-11/h4,10,13H,2-3,5-7,9H2,1H3. The van der Waals surface area contributed by atoms with Gasteiger partial charge in [-0.15, -0.1) is 0 Å². The molecule has 0 amide bonds. The van der Waals surface area contributed by atoms with Crippen LogP contribution in [0, 0.1) is 17.2 Å². The second kappa shape index (κ2) is 5.77. The van der Waals surface area contributed by atoms with Gasteiger partial charge in [-0.25, -0.2) is 0 Å². The van der Waals surface area contributed by atoms with Crippen molar-refractivity contribution in [2.45, 2.75) is 32.6 Å². The molecule has 2 heteroatoms. The van der Waals surface area contributed by atoms with E-state index < -0.39 is 0 Å². The van der Waals surface area contributed by atoms with Gasteiger partial charge in [-0.2, -0.15) is 5.26 Å². The third-order valence-corrected chi connectivity index (χ3v) is 2.43. The fraction of sp³-hybridized carbons (Fsp3) is 0.727. The SMILES string of the molecule is CC(C#N)CNCCC1=CCCC1. The lowest BCUT2D eigenvalue weighted by atomic mass is 10.1. The van der Waals surface area contributed by atoms with Crippen molar-refractivity contribution in [2.24, 2.45) is 5.92 Å². The molecule has 0 heterocycles. The summed E-state index contributed by atoms with van der Waals surface area (Å²) >= 11 is 0. The van der Waals surface area contributed by atoms with Gasteiger partial charge < -0.3 is 5.32 Å². The summed E-state index contributed by atoms with van der Waals surface area (Å²) in [6, 6.07) is 2.22. The molecule has 0 fully saturated rings. The molecule has 0 saturated heterocycles. The van der Waals surface area contributed by atoms with Gasteiger partial charge in [0.2, 0.25) is 0 Å². The van der Waals surface area contributed by atoms with Crippen molar-refractivity contribution in [1.29, 1.82) is 5.26 Å². The lowest BCUT2D eigenvalue weighted by Crippen LogP contribution is -2.21. The summed E-state index contributed by atoms with van der Waals surface area (Å²) in [5.74, 6) is 0.137. The van der Waals surface area contributed by atoms with E-state index >= 15 is 0 Å². The Hall–Kier alpha value is -0.810. The van der Waals surface area contributed by atoms with Crippen LogP contribution in [0.1, 0.15) is 32.6 Å². The molecule has 1 aliphatic carbocycles. The molecule has 1 atom stereocenters. The van der Waals surface area contributed by atoms with Gasteiger partial charge >= 0.3 is 0 Å². The summed E-state index contributed by atoms with van der Waals surface area (Å²) in [7, 11) is 0. The minimum atomic E-state index is 0.137. The zero-order valence-corrected chi connectivity index (χ0v) is 8.34. The van der Waals surface area contributed by atoms with Crippen molar-refractivity contribution in [1.82, 2.24) is 5.32 Å². The average Bonchev–Trinajstić information content (AvgIpc) is 2.64. The maximum atomic E-state index is 8.54. The first-order chi connectivity index (χ1) is 6.33. The molecule has 0 aromatic heterocycles. The van der Waals surface area contributed by atoms with E-state index in [1.807, 2.05) is 6.92 Å². The van der Waals surface area contributed by atoms with Crippen molar-refractivity contribution < 1.29 is 0 Å². The quantitative estimate of drug-likeness (QED) is 0.517. The van der Waals surface area contributed by atoms with Crippen LogP contribution in [-0.2, 0) is 0 Å². The summed E-state index contributed by atoms with van der Waals surface area (Å²) in [6.45, 7) is 3.80. The Bertz CT molecular complexity index is 213. The zero-order valence-electron chi connectivity index (χ0n) is 8.34. The Morgan fingerprint density at radius 2 is 2.54 bits per heavy atom. The predicted molar refractivity (Wildman–Crippen MR) is 54.2 cm³/mol. The molecule has 0 spiro atoms. The molecule has 0 aliphatic heterocycles. The first kappa shape index (κ1) is 10.3. The van der Waals surface area contributed by atoms with E-state index in [0.717, 1.165) is 19.5 Å². The molecule has 0 radical (unpaired) electrons. The summed E-state index contributed by atoms with van der Waals surface area (Å²) in [4.78, 5) is 0. The van der Waals surface area contributed by atoms with Crippen molar-refractivity contribution in [3.05, 3.63) is 11.6 Å². The summed E-state index contributed by atoms with van der Waals surface area (Å²) in [6.07, 6.45) is 7.41. The van der Waals surface area contributed by atoms with Crippen molar-refractivity contribution in [3.63, 3.8) is 0 Å². The number of allylic oxidation sites excluding steroid dienone is 1. The number of nitriles is 1. The van der Waals surface area contributed by atoms with Crippen LogP contribution in [0.5, 0.6) is 0 Å². The lowest BCUT2D eigenvalue weighted by molar-refractivity contribution is 0.598. The molecule has 1 unspecified atom stereocenters. The zero-order chi connectivity index (χ0) is 9.52. The van der Waals surface area contributed by atoms with Crippen LogP contribution < -0.4 is 5.32 Å². The number of hydrogen-bond acceptors (Lipinski definition) is 2. The largest absolute Gasteiger partial charge is 0.315 e. The molecule has 13 heavy (non-hydrogen) atoms. The Morgan fingerprint density at radius 1 is 1.69 bits per heavy atom. The predicted octanol–water partition coefficient (Wildman–Crippen LogP) is 2.24. The van der Waals surface area contributed by atoms with Crippen LogP contribution >= 0.6 is 0 Å². The molecule has 0 saturated carbocycles. The molecule has 0 aromatic rings. The second-order valence-corrected chi connectivity index (χ2v) is 3.74. The third-order valence-electron chi connectivity index (χ3n) is 2.43. The second-order valence-electron chi connectivity index (χ2n) is 3.74. The minimum absolute atomic E-state index is 0.137. The Balaban J connectivity index is 1.98. The fourth-order valence-corrected chi connectivity index (χ4v) is 1.58. The highest BCUT2D eigenvalue weighted by Crippen LogP contribution is 2.19. The van der Waals surface area contributed by atoms with E-state index in [4.69, 9.17) is 5.26 Å². The molecule has 1 rings (SSSR count). The van der Waals surface area contributed by atoms with E-state index in [1.54, 1.807) is 5.57 Å². The number of nitrogens with one attached hydrogen (secondary N) is 1. The highest BCUT2D eigenvalue weighted by Gasteiger charge is 2.04. The molecule has 1 aliphatic rings. The van der Waals surface area contributed by atoms with Crippen LogP contribution in [-0.4, -0.2) is 13.1 Å². The van der Waals surface area contributed by atoms with Gasteiger partial charge in [-0.05, 0) is 39.2 Å². The number of hydrogen-bond donors (Lipinski definition) is 1. The highest BCUT2D eigenvalue weighted by atomic mass is 14.8. The van der Waals surface area contributed by atoms with Gasteiger partial charge in [0.25, 0.3) is 0 Å². The van der Waals surface area contributed by atoms with Crippen molar-refractivity contribution in [3.8, 4) is 6.07 Å². The van der Waals surface area contributed by atoms with E-state index in [-0.39, 0.29) is 5.92 Å². The molecule has 0 aromatic carbocycles. The van der Waals surface area contributed by atoms with E-state index in [2.05, 4.69) is 17.5 Å². The number of rotatable bonds is 5. The molecular weight excluding hydrogens is 160 g/mol. The highest BCUT2D eigenvalue weighted by molar-refractivity contribution is 5.07. The summed E-state index contributed by atoms with van der Waals surface area (Å²) < 4.78 is 0. The monoisotopic (exact) mass is 178 g/mol. The Kier molecular flexibility index (Phi) is 4.56. The molecule has 0 bridgehead atoms. The molecule has 72 valence electrons. The molecule has 1 N–H and O–H groups in total. The van der Waals surface area contributed by atoms with Gasteiger partial charge in [-0.3, -0.25) is 0 Å².